The maximum Gasteiger partial charge on any atom is 0.253 e. The minimum absolute atomic E-state index is 0. The van der Waals surface area contributed by atoms with Crippen LogP contribution in [0.5, 0.6) is 0 Å². The monoisotopic (exact) mass is 381 g/mol. The predicted octanol–water partition coefficient (Wildman–Crippen LogP) is 2.23. The third kappa shape index (κ3) is 6.27. The summed E-state index contributed by atoms with van der Waals surface area (Å²) in [4.78, 5) is 24.1. The van der Waals surface area contributed by atoms with E-state index in [0.29, 0.717) is 25.5 Å². The van der Waals surface area contributed by atoms with Crippen molar-refractivity contribution in [3.8, 4) is 0 Å². The van der Waals surface area contributed by atoms with Gasteiger partial charge in [0.2, 0.25) is 5.91 Å². The molecule has 2 aliphatic rings. The Balaban J connectivity index is 0.00000243. The molecule has 26 heavy (non-hydrogen) atoms. The number of halogens is 1. The highest BCUT2D eigenvalue weighted by atomic mass is 35.5. The fraction of sp³-hybridized carbons (Fsp3) is 0.579. The van der Waals surface area contributed by atoms with E-state index in [2.05, 4.69) is 16.0 Å². The second-order valence-corrected chi connectivity index (χ2v) is 6.87. The van der Waals surface area contributed by atoms with Crippen LogP contribution in [0, 0.1) is 5.92 Å². The van der Waals surface area contributed by atoms with Crippen molar-refractivity contribution in [2.45, 2.75) is 44.8 Å². The lowest BCUT2D eigenvalue weighted by Crippen LogP contribution is -2.27. The van der Waals surface area contributed by atoms with E-state index in [-0.39, 0.29) is 30.3 Å². The first-order valence-electron chi connectivity index (χ1n) is 9.19. The van der Waals surface area contributed by atoms with Crippen LogP contribution in [0.4, 0.5) is 5.69 Å². The Morgan fingerprint density at radius 3 is 2.88 bits per heavy atom. The topological polar surface area (TPSA) is 79.5 Å². The van der Waals surface area contributed by atoms with Crippen molar-refractivity contribution < 1.29 is 14.3 Å². The molecular weight excluding hydrogens is 354 g/mol. The number of carbonyl (C=O) groups excluding carboxylic acids is 2. The zero-order valence-electron chi connectivity index (χ0n) is 15.0. The molecule has 2 fully saturated rings. The summed E-state index contributed by atoms with van der Waals surface area (Å²) in [6.45, 7) is 3.23. The van der Waals surface area contributed by atoms with Gasteiger partial charge in [0.05, 0.1) is 0 Å². The number of anilines is 1. The second-order valence-electron chi connectivity index (χ2n) is 6.87. The molecule has 6 nitrogen and oxygen atoms in total. The number of rotatable bonds is 7. The first-order chi connectivity index (χ1) is 12.2. The van der Waals surface area contributed by atoms with Crippen LogP contribution in [-0.2, 0) is 20.9 Å². The van der Waals surface area contributed by atoms with Crippen LogP contribution in [-0.4, -0.2) is 37.6 Å². The maximum atomic E-state index is 12.1. The highest BCUT2D eigenvalue weighted by Gasteiger charge is 2.23. The van der Waals surface area contributed by atoms with E-state index >= 15 is 0 Å². The number of nitrogens with one attached hydrogen (secondary N) is 3. The lowest BCUT2D eigenvalue weighted by molar-refractivity contribution is -0.124. The highest BCUT2D eigenvalue weighted by molar-refractivity contribution is 5.94. The van der Waals surface area contributed by atoms with Crippen molar-refractivity contribution in [3.63, 3.8) is 0 Å². The van der Waals surface area contributed by atoms with Crippen molar-refractivity contribution in [2.24, 2.45) is 5.92 Å². The molecule has 2 heterocycles. The molecule has 2 unspecified atom stereocenters. The molecule has 2 aliphatic heterocycles. The SMILES string of the molecule is Cl.O=C(CCC1CCNC1)NCc1cccc(NC(=O)C2CCCO2)c1. The molecule has 2 amide bonds. The van der Waals surface area contributed by atoms with E-state index in [0.717, 1.165) is 43.6 Å². The minimum atomic E-state index is -0.339. The summed E-state index contributed by atoms with van der Waals surface area (Å²) in [6.07, 6.45) is 4.05. The smallest absolute Gasteiger partial charge is 0.253 e. The number of amides is 2. The van der Waals surface area contributed by atoms with Crippen LogP contribution in [0.1, 0.15) is 37.7 Å². The molecule has 7 heteroatoms. The molecule has 2 atom stereocenters. The molecule has 0 aromatic heterocycles. The number of benzene rings is 1. The number of carbonyl (C=O) groups is 2. The Bertz CT molecular complexity index is 599. The van der Waals surface area contributed by atoms with Gasteiger partial charge in [0.15, 0.2) is 0 Å². The minimum Gasteiger partial charge on any atom is -0.368 e. The van der Waals surface area contributed by atoms with Gasteiger partial charge in [-0.1, -0.05) is 12.1 Å². The fourth-order valence-corrected chi connectivity index (χ4v) is 3.35. The Labute approximate surface area is 160 Å². The van der Waals surface area contributed by atoms with Crippen molar-refractivity contribution in [1.29, 1.82) is 0 Å². The Morgan fingerprint density at radius 2 is 2.15 bits per heavy atom. The second kappa shape index (κ2) is 10.5. The quantitative estimate of drug-likeness (QED) is 0.676. The first-order valence-corrected chi connectivity index (χ1v) is 9.19. The summed E-state index contributed by atoms with van der Waals surface area (Å²) in [7, 11) is 0. The van der Waals surface area contributed by atoms with Crippen molar-refractivity contribution in [2.75, 3.05) is 25.0 Å². The number of hydrogen-bond donors (Lipinski definition) is 3. The van der Waals surface area contributed by atoms with E-state index in [1.165, 1.54) is 6.42 Å². The molecule has 0 aliphatic carbocycles. The molecule has 0 saturated carbocycles. The predicted molar refractivity (Wildman–Crippen MR) is 103 cm³/mol. The van der Waals surface area contributed by atoms with Crippen LogP contribution < -0.4 is 16.0 Å². The standard InChI is InChI=1S/C19H27N3O3.ClH/c23-18(7-6-14-8-9-20-12-14)21-13-15-3-1-4-16(11-15)22-19(24)17-5-2-10-25-17;/h1,3-4,11,14,17,20H,2,5-10,12-13H2,(H,21,23)(H,22,24);1H. The molecule has 1 aromatic carbocycles. The van der Waals surface area contributed by atoms with E-state index in [9.17, 15) is 9.59 Å². The Morgan fingerprint density at radius 1 is 1.27 bits per heavy atom. The molecule has 1 aromatic rings. The first kappa shape index (κ1) is 20.7. The van der Waals surface area contributed by atoms with E-state index in [4.69, 9.17) is 4.74 Å². The molecular formula is C19H28ClN3O3. The van der Waals surface area contributed by atoms with Gasteiger partial charge in [-0.25, -0.2) is 0 Å². The van der Waals surface area contributed by atoms with Gasteiger partial charge in [0, 0.05) is 25.3 Å². The molecule has 144 valence electrons. The zero-order chi connectivity index (χ0) is 17.5. The molecule has 0 spiro atoms. The molecule has 3 N–H and O–H groups in total. The Kier molecular flexibility index (Phi) is 8.35. The molecule has 0 radical (unpaired) electrons. The summed E-state index contributed by atoms with van der Waals surface area (Å²) in [5, 5.41) is 9.17. The molecule has 2 saturated heterocycles. The molecule has 0 bridgehead atoms. The van der Waals surface area contributed by atoms with E-state index < -0.39 is 0 Å². The van der Waals surface area contributed by atoms with Gasteiger partial charge in [-0.2, -0.15) is 0 Å². The van der Waals surface area contributed by atoms with Crippen LogP contribution in [0.15, 0.2) is 24.3 Å². The van der Waals surface area contributed by atoms with E-state index in [1.807, 2.05) is 24.3 Å². The van der Waals surface area contributed by atoms with Gasteiger partial charge in [0.25, 0.3) is 5.91 Å². The summed E-state index contributed by atoms with van der Waals surface area (Å²) < 4.78 is 5.39. The van der Waals surface area contributed by atoms with E-state index in [1.54, 1.807) is 0 Å². The van der Waals surface area contributed by atoms with Gasteiger partial charge >= 0.3 is 0 Å². The largest absolute Gasteiger partial charge is 0.368 e. The summed E-state index contributed by atoms with van der Waals surface area (Å²) >= 11 is 0. The lowest BCUT2D eigenvalue weighted by atomic mass is 10.0. The van der Waals surface area contributed by atoms with Crippen LogP contribution in [0.25, 0.3) is 0 Å². The van der Waals surface area contributed by atoms with Gasteiger partial charge in [0.1, 0.15) is 6.10 Å². The summed E-state index contributed by atoms with van der Waals surface area (Å²) in [5.74, 6) is 0.617. The van der Waals surface area contributed by atoms with Gasteiger partial charge < -0.3 is 20.7 Å². The number of ether oxygens (including phenoxy) is 1. The summed E-state index contributed by atoms with van der Waals surface area (Å²) in [6, 6.07) is 7.58. The lowest BCUT2D eigenvalue weighted by Gasteiger charge is -2.12. The average Bonchev–Trinajstić information content (AvgIpc) is 3.32. The van der Waals surface area contributed by atoms with Gasteiger partial charge in [-0.3, -0.25) is 9.59 Å². The van der Waals surface area contributed by atoms with Crippen molar-refractivity contribution >= 4 is 29.9 Å². The van der Waals surface area contributed by atoms with Crippen LogP contribution in [0.3, 0.4) is 0 Å². The third-order valence-electron chi connectivity index (χ3n) is 4.85. The van der Waals surface area contributed by atoms with Gasteiger partial charge in [-0.15, -0.1) is 12.4 Å². The average molecular weight is 382 g/mol. The van der Waals surface area contributed by atoms with Crippen LogP contribution in [0.2, 0.25) is 0 Å². The zero-order valence-corrected chi connectivity index (χ0v) is 15.8. The molecule has 3 rings (SSSR count). The number of hydrogen-bond acceptors (Lipinski definition) is 4. The van der Waals surface area contributed by atoms with Gasteiger partial charge in [-0.05, 0) is 62.4 Å². The Hall–Kier alpha value is -1.63. The van der Waals surface area contributed by atoms with Crippen molar-refractivity contribution in [3.05, 3.63) is 29.8 Å². The van der Waals surface area contributed by atoms with Crippen LogP contribution >= 0.6 is 12.4 Å². The fourth-order valence-electron chi connectivity index (χ4n) is 3.35. The van der Waals surface area contributed by atoms with Crippen molar-refractivity contribution in [1.82, 2.24) is 10.6 Å². The maximum absolute atomic E-state index is 12.1. The normalized spacial score (nSPS) is 21.8. The highest BCUT2D eigenvalue weighted by Crippen LogP contribution is 2.17. The third-order valence-corrected chi connectivity index (χ3v) is 4.85. The summed E-state index contributed by atoms with van der Waals surface area (Å²) in [5.41, 5.74) is 1.71.